The third kappa shape index (κ3) is 3.83. The van der Waals surface area contributed by atoms with E-state index in [1.807, 2.05) is 37.3 Å². The number of sulfonamides is 1. The lowest BCUT2D eigenvalue weighted by Gasteiger charge is -2.17. The van der Waals surface area contributed by atoms with Crippen LogP contribution in [0.1, 0.15) is 13.3 Å². The van der Waals surface area contributed by atoms with E-state index in [4.69, 9.17) is 4.74 Å². The quantitative estimate of drug-likeness (QED) is 0.857. The number of carbonyl (C=O) groups is 1. The van der Waals surface area contributed by atoms with E-state index in [1.165, 1.54) is 12.1 Å². The summed E-state index contributed by atoms with van der Waals surface area (Å²) < 4.78 is 32.9. The Labute approximate surface area is 147 Å². The molecule has 25 heavy (non-hydrogen) atoms. The Morgan fingerprint density at radius 3 is 2.44 bits per heavy atom. The van der Waals surface area contributed by atoms with Gasteiger partial charge in [-0.3, -0.25) is 4.79 Å². The average Bonchev–Trinajstić information content (AvgIpc) is 2.97. The molecule has 1 fully saturated rings. The molecule has 0 aromatic heterocycles. The molecule has 0 bridgehead atoms. The minimum absolute atomic E-state index is 0.113. The third-order valence-electron chi connectivity index (χ3n) is 4.02. The van der Waals surface area contributed by atoms with Crippen LogP contribution >= 0.6 is 0 Å². The summed E-state index contributed by atoms with van der Waals surface area (Å²) in [6.45, 7) is 2.85. The molecule has 1 unspecified atom stereocenters. The number of carbonyl (C=O) groups excluding carboxylic acids is 1. The average molecular weight is 360 g/mol. The van der Waals surface area contributed by atoms with E-state index in [2.05, 4.69) is 4.72 Å². The Kier molecular flexibility index (Phi) is 5.06. The molecule has 7 heteroatoms. The van der Waals surface area contributed by atoms with Crippen molar-refractivity contribution in [1.82, 2.24) is 4.72 Å². The Morgan fingerprint density at radius 2 is 1.80 bits per heavy atom. The fraction of sp³-hybridized carbons (Fsp3) is 0.278. The molecule has 0 aliphatic carbocycles. The van der Waals surface area contributed by atoms with Gasteiger partial charge in [-0.05, 0) is 49.7 Å². The molecule has 3 rings (SSSR count). The van der Waals surface area contributed by atoms with Crippen molar-refractivity contribution < 1.29 is 17.9 Å². The van der Waals surface area contributed by atoms with E-state index in [0.29, 0.717) is 25.3 Å². The van der Waals surface area contributed by atoms with Crippen molar-refractivity contribution in [3.05, 3.63) is 54.6 Å². The van der Waals surface area contributed by atoms with Gasteiger partial charge in [0.15, 0.2) is 0 Å². The fourth-order valence-electron chi connectivity index (χ4n) is 2.79. The first kappa shape index (κ1) is 17.4. The molecule has 132 valence electrons. The number of nitrogens with one attached hydrogen (secondary N) is 1. The Morgan fingerprint density at radius 1 is 1.12 bits per heavy atom. The SMILES string of the molecule is CCOc1ccc(S(=O)(=O)NC2CCN(c3ccccc3)C2=O)cc1. The van der Waals surface area contributed by atoms with Gasteiger partial charge in [0.05, 0.1) is 11.5 Å². The lowest BCUT2D eigenvalue weighted by atomic mass is 10.3. The molecule has 1 atom stereocenters. The molecule has 1 saturated heterocycles. The van der Waals surface area contributed by atoms with Crippen molar-refractivity contribution in [3.63, 3.8) is 0 Å². The molecular weight excluding hydrogens is 340 g/mol. The van der Waals surface area contributed by atoms with Crippen LogP contribution in [0.2, 0.25) is 0 Å². The van der Waals surface area contributed by atoms with Gasteiger partial charge in [0.25, 0.3) is 0 Å². The summed E-state index contributed by atoms with van der Waals surface area (Å²) in [7, 11) is -3.77. The van der Waals surface area contributed by atoms with E-state index in [9.17, 15) is 13.2 Å². The zero-order chi connectivity index (χ0) is 17.9. The summed E-state index contributed by atoms with van der Waals surface area (Å²) in [5.74, 6) is 0.370. The smallest absolute Gasteiger partial charge is 0.245 e. The Balaban J connectivity index is 1.72. The van der Waals surface area contributed by atoms with Crippen LogP contribution in [0, 0.1) is 0 Å². The Hall–Kier alpha value is -2.38. The standard InChI is InChI=1S/C18H20N2O4S/c1-2-24-15-8-10-16(11-9-15)25(22,23)19-17-12-13-20(18(17)21)14-6-4-3-5-7-14/h3-11,17,19H,2,12-13H2,1H3. The molecule has 2 aromatic carbocycles. The fourth-order valence-corrected chi connectivity index (χ4v) is 4.01. The summed E-state index contributed by atoms with van der Waals surface area (Å²) >= 11 is 0. The van der Waals surface area contributed by atoms with Gasteiger partial charge in [-0.15, -0.1) is 0 Å². The van der Waals surface area contributed by atoms with Gasteiger partial charge in [-0.2, -0.15) is 4.72 Å². The van der Waals surface area contributed by atoms with Gasteiger partial charge in [0.1, 0.15) is 11.8 Å². The van der Waals surface area contributed by atoms with E-state index in [-0.39, 0.29) is 10.8 Å². The highest BCUT2D eigenvalue weighted by Crippen LogP contribution is 2.23. The van der Waals surface area contributed by atoms with Crippen LogP contribution in [0.3, 0.4) is 0 Å². The predicted octanol–water partition coefficient (Wildman–Crippen LogP) is 2.17. The number of hydrogen-bond donors (Lipinski definition) is 1. The van der Waals surface area contributed by atoms with Crippen molar-refractivity contribution in [2.45, 2.75) is 24.3 Å². The molecule has 1 heterocycles. The summed E-state index contributed by atoms with van der Waals surface area (Å²) in [5, 5.41) is 0. The van der Waals surface area contributed by atoms with E-state index < -0.39 is 16.1 Å². The first-order chi connectivity index (χ1) is 12.0. The predicted molar refractivity (Wildman–Crippen MR) is 95.1 cm³/mol. The second kappa shape index (κ2) is 7.25. The normalized spacial score (nSPS) is 17.7. The number of hydrogen-bond acceptors (Lipinski definition) is 4. The molecule has 0 spiro atoms. The minimum atomic E-state index is -3.77. The van der Waals surface area contributed by atoms with E-state index in [0.717, 1.165) is 5.69 Å². The molecule has 6 nitrogen and oxygen atoms in total. The van der Waals surface area contributed by atoms with Crippen molar-refractivity contribution in [2.24, 2.45) is 0 Å². The first-order valence-corrected chi connectivity index (χ1v) is 9.61. The number of amides is 1. The molecule has 1 N–H and O–H groups in total. The number of rotatable bonds is 6. The number of benzene rings is 2. The zero-order valence-corrected chi connectivity index (χ0v) is 14.7. The number of nitrogens with zero attached hydrogens (tertiary/aromatic N) is 1. The lowest BCUT2D eigenvalue weighted by Crippen LogP contribution is -2.41. The number of anilines is 1. The summed E-state index contributed by atoms with van der Waals surface area (Å²) in [4.78, 5) is 14.2. The highest BCUT2D eigenvalue weighted by Gasteiger charge is 2.35. The van der Waals surface area contributed by atoms with Crippen LogP contribution < -0.4 is 14.4 Å². The van der Waals surface area contributed by atoms with Crippen LogP contribution in [0.25, 0.3) is 0 Å². The van der Waals surface area contributed by atoms with Gasteiger partial charge in [0.2, 0.25) is 15.9 Å². The van der Waals surface area contributed by atoms with Crippen LogP contribution in [0.4, 0.5) is 5.69 Å². The van der Waals surface area contributed by atoms with E-state index >= 15 is 0 Å². The monoisotopic (exact) mass is 360 g/mol. The van der Waals surface area contributed by atoms with Gasteiger partial charge in [-0.1, -0.05) is 18.2 Å². The third-order valence-corrected chi connectivity index (χ3v) is 5.50. The van der Waals surface area contributed by atoms with E-state index in [1.54, 1.807) is 17.0 Å². The second-order valence-corrected chi connectivity index (χ2v) is 7.41. The molecule has 1 aliphatic rings. The van der Waals surface area contributed by atoms with Gasteiger partial charge in [0, 0.05) is 12.2 Å². The maximum absolute atomic E-state index is 12.5. The zero-order valence-electron chi connectivity index (χ0n) is 13.9. The molecule has 1 amide bonds. The molecule has 0 radical (unpaired) electrons. The summed E-state index contributed by atoms with van der Waals surface area (Å²) in [5.41, 5.74) is 0.773. The topological polar surface area (TPSA) is 75.7 Å². The highest BCUT2D eigenvalue weighted by atomic mass is 32.2. The van der Waals surface area contributed by atoms with Gasteiger partial charge < -0.3 is 9.64 Å². The number of ether oxygens (including phenoxy) is 1. The lowest BCUT2D eigenvalue weighted by molar-refractivity contribution is -0.118. The van der Waals surface area contributed by atoms with Crippen LogP contribution in [-0.2, 0) is 14.8 Å². The van der Waals surface area contributed by atoms with Gasteiger partial charge in [-0.25, -0.2) is 8.42 Å². The van der Waals surface area contributed by atoms with Crippen molar-refractivity contribution >= 4 is 21.6 Å². The minimum Gasteiger partial charge on any atom is -0.494 e. The largest absolute Gasteiger partial charge is 0.494 e. The Bertz CT molecular complexity index is 835. The molecular formula is C18H20N2O4S. The summed E-state index contributed by atoms with van der Waals surface area (Å²) in [6.07, 6.45) is 0.435. The number of para-hydroxylation sites is 1. The summed E-state index contributed by atoms with van der Waals surface area (Å²) in [6, 6.07) is 14.6. The maximum atomic E-state index is 12.5. The van der Waals surface area contributed by atoms with Crippen LogP contribution in [0.5, 0.6) is 5.75 Å². The first-order valence-electron chi connectivity index (χ1n) is 8.13. The van der Waals surface area contributed by atoms with Crippen LogP contribution in [-0.4, -0.2) is 33.5 Å². The second-order valence-electron chi connectivity index (χ2n) is 5.69. The highest BCUT2D eigenvalue weighted by molar-refractivity contribution is 7.89. The van der Waals surface area contributed by atoms with Crippen LogP contribution in [0.15, 0.2) is 59.5 Å². The molecule has 2 aromatic rings. The maximum Gasteiger partial charge on any atom is 0.245 e. The molecule has 1 aliphatic heterocycles. The molecule has 0 saturated carbocycles. The van der Waals surface area contributed by atoms with Crippen molar-refractivity contribution in [2.75, 3.05) is 18.1 Å². The van der Waals surface area contributed by atoms with Gasteiger partial charge >= 0.3 is 0 Å². The van der Waals surface area contributed by atoms with Crippen molar-refractivity contribution in [3.8, 4) is 5.75 Å². The van der Waals surface area contributed by atoms with Crippen molar-refractivity contribution in [1.29, 1.82) is 0 Å².